The Hall–Kier alpha value is -3.35. The molecule has 2 aromatic carbocycles. The van der Waals surface area contributed by atoms with Gasteiger partial charge in [0.2, 0.25) is 0 Å². The zero-order chi connectivity index (χ0) is 28.6. The van der Waals surface area contributed by atoms with Crippen LogP contribution in [0, 0.1) is 10.1 Å². The summed E-state index contributed by atoms with van der Waals surface area (Å²) in [5.41, 5.74) is 1.22. The van der Waals surface area contributed by atoms with Crippen molar-refractivity contribution < 1.29 is 19.2 Å². The van der Waals surface area contributed by atoms with E-state index >= 15 is 0 Å². The number of carbonyl (C=O) groups excluding carboxylic acids is 1. The average molecular weight is 628 g/mol. The number of benzene rings is 2. The Labute approximate surface area is 247 Å². The highest BCUT2D eigenvalue weighted by molar-refractivity contribution is 9.10. The van der Waals surface area contributed by atoms with Gasteiger partial charge in [-0.3, -0.25) is 19.8 Å². The molecule has 3 aromatic rings. The van der Waals surface area contributed by atoms with Gasteiger partial charge in [-0.25, -0.2) is 9.97 Å². The third kappa shape index (κ3) is 8.11. The predicted molar refractivity (Wildman–Crippen MR) is 160 cm³/mol. The smallest absolute Gasteiger partial charge is 0.320 e. The Morgan fingerprint density at radius 1 is 1.07 bits per heavy atom. The molecule has 0 unspecified atom stereocenters. The fourth-order valence-electron chi connectivity index (χ4n) is 5.36. The van der Waals surface area contributed by atoms with Gasteiger partial charge in [-0.1, -0.05) is 28.4 Å². The Morgan fingerprint density at radius 2 is 1.85 bits per heavy atom. The zero-order valence-electron chi connectivity index (χ0n) is 23.0. The van der Waals surface area contributed by atoms with Crippen molar-refractivity contribution in [3.63, 3.8) is 0 Å². The van der Waals surface area contributed by atoms with Gasteiger partial charge in [-0.05, 0) is 50.3 Å². The van der Waals surface area contributed by atoms with E-state index in [9.17, 15) is 14.9 Å². The third-order valence-electron chi connectivity index (χ3n) is 7.54. The van der Waals surface area contributed by atoms with Gasteiger partial charge in [0.05, 0.1) is 29.0 Å². The maximum absolute atomic E-state index is 12.3. The fraction of sp³-hybridized carbons (Fsp3) is 0.483. The van der Waals surface area contributed by atoms with Gasteiger partial charge in [0, 0.05) is 55.0 Å². The van der Waals surface area contributed by atoms with E-state index < -0.39 is 4.92 Å². The van der Waals surface area contributed by atoms with E-state index in [1.54, 1.807) is 6.07 Å². The minimum Gasteiger partial charge on any atom is -0.487 e. The molecule has 1 saturated heterocycles. The van der Waals surface area contributed by atoms with Crippen LogP contribution in [0.2, 0.25) is 0 Å². The van der Waals surface area contributed by atoms with Crippen molar-refractivity contribution in [2.45, 2.75) is 44.6 Å². The molecule has 2 aliphatic rings. The van der Waals surface area contributed by atoms with Gasteiger partial charge in [0.1, 0.15) is 18.2 Å². The molecule has 12 heteroatoms. The molecular weight excluding hydrogens is 592 g/mol. The molecule has 0 spiro atoms. The van der Waals surface area contributed by atoms with Crippen LogP contribution >= 0.6 is 15.9 Å². The number of nitrogens with zero attached hydrogens (tertiary/aromatic N) is 5. The largest absolute Gasteiger partial charge is 0.487 e. The van der Waals surface area contributed by atoms with E-state index in [-0.39, 0.29) is 23.5 Å². The highest BCUT2D eigenvalue weighted by atomic mass is 79.9. The standard InChI is InChI=1S/C29H35BrN6O5/c30-21-6-4-7-22(16-21)33-29-24-17-26(36(38)39)27(18-25(24)31-20-32-29)40-15-5-10-34-11-13-35(14-12-34)19-28(37)41-23-8-2-1-3-9-23/h4,6-7,16-18,20,23H,1-3,5,8-15,19H2,(H,31,32,33). The Balaban J connectivity index is 1.11. The molecule has 2 heterocycles. The van der Waals surface area contributed by atoms with Crippen molar-refractivity contribution in [2.24, 2.45) is 0 Å². The Kier molecular flexibility index (Phi) is 9.97. The SMILES string of the molecule is O=C(CN1CCN(CCCOc2cc3ncnc(Nc4cccc(Br)c4)c3cc2[N+](=O)[O-])CC1)OC1CCCCC1. The molecule has 2 fully saturated rings. The second-order valence-corrected chi connectivity index (χ2v) is 11.4. The van der Waals surface area contributed by atoms with E-state index in [4.69, 9.17) is 9.47 Å². The van der Waals surface area contributed by atoms with Crippen molar-refractivity contribution in [3.8, 4) is 5.75 Å². The first-order valence-electron chi connectivity index (χ1n) is 14.2. The first-order valence-corrected chi connectivity index (χ1v) is 15.0. The molecule has 1 saturated carbocycles. The van der Waals surface area contributed by atoms with E-state index in [2.05, 4.69) is 41.0 Å². The number of esters is 1. The lowest BCUT2D eigenvalue weighted by molar-refractivity contribution is -0.385. The van der Waals surface area contributed by atoms with Crippen molar-refractivity contribution >= 4 is 50.0 Å². The summed E-state index contributed by atoms with van der Waals surface area (Å²) < 4.78 is 12.5. The van der Waals surface area contributed by atoms with Crippen LogP contribution in [0.4, 0.5) is 17.2 Å². The van der Waals surface area contributed by atoms with Crippen LogP contribution < -0.4 is 10.1 Å². The maximum Gasteiger partial charge on any atom is 0.320 e. The number of halogens is 1. The lowest BCUT2D eigenvalue weighted by atomic mass is 9.98. The van der Waals surface area contributed by atoms with Crippen molar-refractivity contribution in [1.82, 2.24) is 19.8 Å². The summed E-state index contributed by atoms with van der Waals surface area (Å²) in [7, 11) is 0. The molecule has 1 aliphatic heterocycles. The first-order chi connectivity index (χ1) is 19.9. The molecule has 0 bridgehead atoms. The number of anilines is 2. The van der Waals surface area contributed by atoms with Crippen LogP contribution in [0.15, 0.2) is 47.2 Å². The highest BCUT2D eigenvalue weighted by Gasteiger charge is 2.23. The quantitative estimate of drug-likeness (QED) is 0.130. The van der Waals surface area contributed by atoms with Crippen LogP contribution in [0.3, 0.4) is 0 Å². The van der Waals surface area contributed by atoms with Gasteiger partial charge < -0.3 is 19.7 Å². The lowest BCUT2D eigenvalue weighted by Crippen LogP contribution is -2.48. The molecule has 0 radical (unpaired) electrons. The van der Waals surface area contributed by atoms with Crippen LogP contribution in [0.25, 0.3) is 10.9 Å². The molecule has 1 N–H and O–H groups in total. The van der Waals surface area contributed by atoms with E-state index in [1.807, 2.05) is 24.3 Å². The number of fused-ring (bicyclic) bond motifs is 1. The fourth-order valence-corrected chi connectivity index (χ4v) is 5.76. The normalized spacial score (nSPS) is 16.9. The molecule has 1 aliphatic carbocycles. The zero-order valence-corrected chi connectivity index (χ0v) is 24.6. The topological polar surface area (TPSA) is 123 Å². The van der Waals surface area contributed by atoms with Crippen molar-refractivity contribution in [2.75, 3.05) is 51.2 Å². The number of ether oxygens (including phenoxy) is 2. The van der Waals surface area contributed by atoms with Crippen LogP contribution in [-0.2, 0) is 9.53 Å². The van der Waals surface area contributed by atoms with E-state index in [1.165, 1.54) is 18.8 Å². The van der Waals surface area contributed by atoms with Gasteiger partial charge in [-0.15, -0.1) is 0 Å². The van der Waals surface area contributed by atoms with Crippen LogP contribution in [-0.4, -0.2) is 82.6 Å². The molecule has 218 valence electrons. The number of hydrogen-bond acceptors (Lipinski definition) is 10. The molecule has 41 heavy (non-hydrogen) atoms. The van der Waals surface area contributed by atoms with Crippen LogP contribution in [0.5, 0.6) is 5.75 Å². The van der Waals surface area contributed by atoms with Gasteiger partial charge in [-0.2, -0.15) is 0 Å². The Bertz CT molecular complexity index is 1360. The van der Waals surface area contributed by atoms with Gasteiger partial charge in [0.25, 0.3) is 0 Å². The minimum atomic E-state index is -0.441. The summed E-state index contributed by atoms with van der Waals surface area (Å²) in [4.78, 5) is 36.9. The number of hydrogen-bond donors (Lipinski definition) is 1. The van der Waals surface area contributed by atoms with E-state index in [0.29, 0.717) is 29.9 Å². The van der Waals surface area contributed by atoms with Crippen LogP contribution in [0.1, 0.15) is 38.5 Å². The van der Waals surface area contributed by atoms with Gasteiger partial charge in [0.15, 0.2) is 5.75 Å². The highest BCUT2D eigenvalue weighted by Crippen LogP contribution is 2.35. The second-order valence-electron chi connectivity index (χ2n) is 10.5. The molecule has 0 amide bonds. The summed E-state index contributed by atoms with van der Waals surface area (Å²) in [5, 5.41) is 15.6. The second kappa shape index (κ2) is 14.0. The lowest BCUT2D eigenvalue weighted by Gasteiger charge is -2.34. The number of nitro benzene ring substituents is 1. The number of aromatic nitrogens is 2. The molecular formula is C29H35BrN6O5. The molecule has 5 rings (SSSR count). The van der Waals surface area contributed by atoms with Crippen molar-refractivity contribution in [1.29, 1.82) is 0 Å². The Morgan fingerprint density at radius 3 is 2.61 bits per heavy atom. The first kappa shape index (κ1) is 29.2. The predicted octanol–water partition coefficient (Wildman–Crippen LogP) is 5.31. The minimum absolute atomic E-state index is 0.0964. The molecule has 1 aromatic heterocycles. The third-order valence-corrected chi connectivity index (χ3v) is 8.04. The summed E-state index contributed by atoms with van der Waals surface area (Å²) >= 11 is 3.45. The summed E-state index contributed by atoms with van der Waals surface area (Å²) in [6.45, 7) is 4.84. The summed E-state index contributed by atoms with van der Waals surface area (Å²) in [6, 6.07) is 10.6. The summed E-state index contributed by atoms with van der Waals surface area (Å²) in [6.07, 6.45) is 7.75. The van der Waals surface area contributed by atoms with Gasteiger partial charge >= 0.3 is 11.7 Å². The van der Waals surface area contributed by atoms with Crippen molar-refractivity contribution in [3.05, 3.63) is 57.3 Å². The number of nitro groups is 1. The molecule has 0 atom stereocenters. The number of rotatable bonds is 11. The number of carbonyl (C=O) groups is 1. The maximum atomic E-state index is 12.3. The number of nitrogens with one attached hydrogen (secondary N) is 1. The monoisotopic (exact) mass is 626 g/mol. The molecule has 11 nitrogen and oxygen atoms in total. The summed E-state index contributed by atoms with van der Waals surface area (Å²) in [5.74, 6) is 0.553. The average Bonchev–Trinajstić information content (AvgIpc) is 2.96. The number of piperazine rings is 1. The van der Waals surface area contributed by atoms with E-state index in [0.717, 1.165) is 75.0 Å².